The third kappa shape index (κ3) is 7.06. The van der Waals surface area contributed by atoms with Gasteiger partial charge in [0.15, 0.2) is 0 Å². The number of hydrogen-bond donors (Lipinski definition) is 2. The minimum Gasteiger partial charge on any atom is -0.494 e. The molecule has 0 bridgehead atoms. The quantitative estimate of drug-likeness (QED) is 0.557. The number of nitrogens with two attached hydrogens (primary N) is 1. The molecule has 1 amide bonds. The molecular formula is C22H29ClN2O3. The predicted octanol–water partition coefficient (Wildman–Crippen LogP) is 4.81. The fourth-order valence-corrected chi connectivity index (χ4v) is 2.79. The van der Waals surface area contributed by atoms with Gasteiger partial charge >= 0.3 is 0 Å². The van der Waals surface area contributed by atoms with Gasteiger partial charge in [-0.25, -0.2) is 0 Å². The Balaban J connectivity index is 1.89. The second-order valence-electron chi connectivity index (χ2n) is 6.96. The summed E-state index contributed by atoms with van der Waals surface area (Å²) in [6.45, 7) is 6.69. The number of nitrogens with one attached hydrogen (secondary N) is 1. The monoisotopic (exact) mass is 404 g/mol. The molecule has 1 unspecified atom stereocenters. The van der Waals surface area contributed by atoms with E-state index in [4.69, 9.17) is 26.8 Å². The van der Waals surface area contributed by atoms with Crippen molar-refractivity contribution in [2.24, 2.45) is 5.73 Å². The molecule has 2 rings (SSSR count). The molecule has 2 aromatic rings. The Bertz CT molecular complexity index is 763. The number of hydrogen-bond acceptors (Lipinski definition) is 4. The molecule has 0 aliphatic rings. The SMILES string of the molecule is CCCCOc1ccc(CC(N)C(=O)Nc2ccc(OC(C)C)c(Cl)c2)cc1. The van der Waals surface area contributed by atoms with Crippen LogP contribution < -0.4 is 20.5 Å². The fourth-order valence-electron chi connectivity index (χ4n) is 2.57. The first kappa shape index (κ1) is 22.1. The van der Waals surface area contributed by atoms with Gasteiger partial charge in [-0.3, -0.25) is 4.79 Å². The normalized spacial score (nSPS) is 11.9. The number of amides is 1. The number of unbranched alkanes of at least 4 members (excludes halogenated alkanes) is 1. The van der Waals surface area contributed by atoms with E-state index in [1.54, 1.807) is 18.2 Å². The van der Waals surface area contributed by atoms with E-state index in [1.807, 2.05) is 38.1 Å². The zero-order valence-electron chi connectivity index (χ0n) is 16.7. The van der Waals surface area contributed by atoms with Crippen molar-refractivity contribution in [3.05, 3.63) is 53.1 Å². The van der Waals surface area contributed by atoms with Crippen molar-refractivity contribution < 1.29 is 14.3 Å². The molecule has 0 aliphatic heterocycles. The number of ether oxygens (including phenoxy) is 2. The summed E-state index contributed by atoms with van der Waals surface area (Å²) in [6.07, 6.45) is 2.58. The molecule has 6 heteroatoms. The summed E-state index contributed by atoms with van der Waals surface area (Å²) in [7, 11) is 0. The molecule has 1 atom stereocenters. The summed E-state index contributed by atoms with van der Waals surface area (Å²) in [5, 5.41) is 3.24. The first-order chi connectivity index (χ1) is 13.4. The average molecular weight is 405 g/mol. The maximum Gasteiger partial charge on any atom is 0.241 e. The van der Waals surface area contributed by atoms with Gasteiger partial charge in [-0.05, 0) is 62.6 Å². The van der Waals surface area contributed by atoms with Crippen molar-refractivity contribution in [2.45, 2.75) is 52.2 Å². The van der Waals surface area contributed by atoms with Gasteiger partial charge in [0.1, 0.15) is 11.5 Å². The van der Waals surface area contributed by atoms with E-state index in [-0.39, 0.29) is 12.0 Å². The summed E-state index contributed by atoms with van der Waals surface area (Å²) in [6, 6.07) is 12.2. The number of anilines is 1. The number of benzene rings is 2. The molecule has 0 heterocycles. The van der Waals surface area contributed by atoms with Crippen molar-refractivity contribution in [2.75, 3.05) is 11.9 Å². The molecule has 0 saturated carbocycles. The van der Waals surface area contributed by atoms with Crippen LogP contribution in [0.2, 0.25) is 5.02 Å². The summed E-state index contributed by atoms with van der Waals surface area (Å²) < 4.78 is 11.2. The average Bonchev–Trinajstić information content (AvgIpc) is 2.65. The number of carbonyl (C=O) groups is 1. The van der Waals surface area contributed by atoms with Crippen LogP contribution in [0.4, 0.5) is 5.69 Å². The van der Waals surface area contributed by atoms with Crippen LogP contribution in [0.1, 0.15) is 39.2 Å². The Hall–Kier alpha value is -2.24. The smallest absolute Gasteiger partial charge is 0.241 e. The van der Waals surface area contributed by atoms with Crippen molar-refractivity contribution in [1.82, 2.24) is 0 Å². The van der Waals surface area contributed by atoms with Crippen LogP contribution in [-0.2, 0) is 11.2 Å². The van der Waals surface area contributed by atoms with Gasteiger partial charge in [0.25, 0.3) is 0 Å². The van der Waals surface area contributed by atoms with Gasteiger partial charge in [0, 0.05) is 5.69 Å². The van der Waals surface area contributed by atoms with Gasteiger partial charge in [-0.1, -0.05) is 37.1 Å². The maximum atomic E-state index is 12.4. The molecule has 0 fully saturated rings. The number of rotatable bonds is 10. The topological polar surface area (TPSA) is 73.6 Å². The van der Waals surface area contributed by atoms with Crippen LogP contribution in [0.5, 0.6) is 11.5 Å². The van der Waals surface area contributed by atoms with E-state index in [9.17, 15) is 4.79 Å². The lowest BCUT2D eigenvalue weighted by Gasteiger charge is -2.15. The Kier molecular flexibility index (Phi) is 8.61. The van der Waals surface area contributed by atoms with Crippen LogP contribution in [0.25, 0.3) is 0 Å². The summed E-state index contributed by atoms with van der Waals surface area (Å²) in [5.74, 6) is 1.14. The van der Waals surface area contributed by atoms with Crippen LogP contribution in [0.15, 0.2) is 42.5 Å². The first-order valence-corrected chi connectivity index (χ1v) is 10.0. The van der Waals surface area contributed by atoms with E-state index < -0.39 is 6.04 Å². The third-order valence-corrected chi connectivity index (χ3v) is 4.34. The van der Waals surface area contributed by atoms with Crippen LogP contribution in [-0.4, -0.2) is 24.7 Å². The molecule has 28 heavy (non-hydrogen) atoms. The zero-order valence-corrected chi connectivity index (χ0v) is 17.5. The largest absolute Gasteiger partial charge is 0.494 e. The molecule has 2 aromatic carbocycles. The number of halogens is 1. The molecule has 0 saturated heterocycles. The highest BCUT2D eigenvalue weighted by molar-refractivity contribution is 6.32. The van der Waals surface area contributed by atoms with Crippen molar-refractivity contribution in [3.8, 4) is 11.5 Å². The Labute approximate surface area is 172 Å². The van der Waals surface area contributed by atoms with E-state index in [2.05, 4.69) is 12.2 Å². The van der Waals surface area contributed by atoms with Gasteiger partial charge < -0.3 is 20.5 Å². The summed E-state index contributed by atoms with van der Waals surface area (Å²) in [4.78, 5) is 12.4. The minimum absolute atomic E-state index is 0.0230. The first-order valence-electron chi connectivity index (χ1n) is 9.63. The molecular weight excluding hydrogens is 376 g/mol. The summed E-state index contributed by atoms with van der Waals surface area (Å²) in [5.41, 5.74) is 7.63. The van der Waals surface area contributed by atoms with E-state index in [0.29, 0.717) is 29.5 Å². The minimum atomic E-state index is -0.669. The Morgan fingerprint density at radius 1 is 1.18 bits per heavy atom. The van der Waals surface area contributed by atoms with Gasteiger partial charge in [-0.15, -0.1) is 0 Å². The lowest BCUT2D eigenvalue weighted by Crippen LogP contribution is -2.37. The Morgan fingerprint density at radius 2 is 1.89 bits per heavy atom. The van der Waals surface area contributed by atoms with E-state index >= 15 is 0 Å². The zero-order chi connectivity index (χ0) is 20.5. The predicted molar refractivity (Wildman–Crippen MR) is 114 cm³/mol. The van der Waals surface area contributed by atoms with Crippen molar-refractivity contribution >= 4 is 23.2 Å². The second-order valence-corrected chi connectivity index (χ2v) is 7.36. The molecule has 0 aliphatic carbocycles. The fraction of sp³-hybridized carbons (Fsp3) is 0.409. The van der Waals surface area contributed by atoms with Gasteiger partial charge in [0.2, 0.25) is 5.91 Å². The van der Waals surface area contributed by atoms with Gasteiger partial charge in [0.05, 0.1) is 23.8 Å². The molecule has 0 radical (unpaired) electrons. The highest BCUT2D eigenvalue weighted by Crippen LogP contribution is 2.28. The van der Waals surface area contributed by atoms with Crippen LogP contribution >= 0.6 is 11.6 Å². The summed E-state index contributed by atoms with van der Waals surface area (Å²) >= 11 is 6.21. The lowest BCUT2D eigenvalue weighted by molar-refractivity contribution is -0.117. The van der Waals surface area contributed by atoms with Gasteiger partial charge in [-0.2, -0.15) is 0 Å². The lowest BCUT2D eigenvalue weighted by atomic mass is 10.1. The van der Waals surface area contributed by atoms with Crippen LogP contribution in [0, 0.1) is 0 Å². The van der Waals surface area contributed by atoms with Crippen molar-refractivity contribution in [1.29, 1.82) is 0 Å². The second kappa shape index (κ2) is 10.9. The molecule has 5 nitrogen and oxygen atoms in total. The Morgan fingerprint density at radius 3 is 2.50 bits per heavy atom. The highest BCUT2D eigenvalue weighted by atomic mass is 35.5. The molecule has 0 aromatic heterocycles. The number of carbonyl (C=O) groups excluding carboxylic acids is 1. The molecule has 3 N–H and O–H groups in total. The molecule has 152 valence electrons. The third-order valence-electron chi connectivity index (χ3n) is 4.04. The van der Waals surface area contributed by atoms with E-state index in [1.165, 1.54) is 0 Å². The van der Waals surface area contributed by atoms with E-state index in [0.717, 1.165) is 24.2 Å². The molecule has 0 spiro atoms. The maximum absolute atomic E-state index is 12.4. The van der Waals surface area contributed by atoms with Crippen LogP contribution in [0.3, 0.4) is 0 Å². The highest BCUT2D eigenvalue weighted by Gasteiger charge is 2.15. The standard InChI is InChI=1S/C22H29ClN2O3/c1-4-5-12-27-18-9-6-16(7-10-18)13-20(24)22(26)25-17-8-11-21(19(23)14-17)28-15(2)3/h6-11,14-15,20H,4-5,12-13,24H2,1-3H3,(H,25,26). The van der Waals surface area contributed by atoms with Crippen molar-refractivity contribution in [3.63, 3.8) is 0 Å².